The second-order valence-corrected chi connectivity index (χ2v) is 9.46. The highest BCUT2D eigenvalue weighted by molar-refractivity contribution is 6.42. The first-order valence-corrected chi connectivity index (χ1v) is 12.0. The number of rotatable bonds is 7. The minimum Gasteiger partial charge on any atom is -0.369 e. The van der Waals surface area contributed by atoms with Crippen molar-refractivity contribution in [1.29, 1.82) is 0 Å². The number of carbonyl (C=O) groups is 3. The minimum atomic E-state index is -0.969. The van der Waals surface area contributed by atoms with Crippen LogP contribution >= 0.6 is 23.2 Å². The van der Waals surface area contributed by atoms with Gasteiger partial charge in [0.2, 0.25) is 11.7 Å². The van der Waals surface area contributed by atoms with Gasteiger partial charge in [0, 0.05) is 77.5 Å². The molecule has 2 fully saturated rings. The van der Waals surface area contributed by atoms with Crippen molar-refractivity contribution < 1.29 is 14.4 Å². The maximum absolute atomic E-state index is 12.9. The smallest absolute Gasteiger partial charge is 0.290 e. The zero-order valence-corrected chi connectivity index (χ0v) is 20.5. The van der Waals surface area contributed by atoms with Gasteiger partial charge in [-0.3, -0.25) is 24.3 Å². The molecular formula is C24H27Cl2N5O3. The molecule has 0 aliphatic carbocycles. The number of halogens is 2. The van der Waals surface area contributed by atoms with Crippen LogP contribution in [0.15, 0.2) is 42.7 Å². The lowest BCUT2D eigenvalue weighted by Gasteiger charge is -2.36. The second-order valence-electron chi connectivity index (χ2n) is 8.64. The van der Waals surface area contributed by atoms with Crippen molar-refractivity contribution in [3.05, 3.63) is 58.3 Å². The predicted octanol–water partition coefficient (Wildman–Crippen LogP) is 2.20. The van der Waals surface area contributed by atoms with E-state index in [9.17, 15) is 14.4 Å². The quantitative estimate of drug-likeness (QED) is 0.425. The van der Waals surface area contributed by atoms with Crippen LogP contribution in [0.2, 0.25) is 10.0 Å². The van der Waals surface area contributed by atoms with Crippen molar-refractivity contribution in [2.45, 2.75) is 6.54 Å². The van der Waals surface area contributed by atoms with Gasteiger partial charge in [0.05, 0.1) is 10.0 Å². The van der Waals surface area contributed by atoms with E-state index >= 15 is 0 Å². The van der Waals surface area contributed by atoms with Gasteiger partial charge in [-0.2, -0.15) is 0 Å². The lowest BCUT2D eigenvalue weighted by Crippen LogP contribution is -2.48. The van der Waals surface area contributed by atoms with Crippen molar-refractivity contribution in [1.82, 2.24) is 19.7 Å². The molecule has 2 aliphatic rings. The number of pyridine rings is 1. The molecule has 0 radical (unpaired) electrons. The summed E-state index contributed by atoms with van der Waals surface area (Å²) in [5.41, 5.74) is 1.95. The summed E-state index contributed by atoms with van der Waals surface area (Å²) in [5, 5.41) is 0.838. The van der Waals surface area contributed by atoms with E-state index < -0.39 is 17.6 Å². The van der Waals surface area contributed by atoms with Crippen LogP contribution in [0, 0.1) is 5.92 Å². The summed E-state index contributed by atoms with van der Waals surface area (Å²) in [7, 11) is 1.62. The minimum absolute atomic E-state index is 0.124. The summed E-state index contributed by atoms with van der Waals surface area (Å²) in [4.78, 5) is 49.6. The van der Waals surface area contributed by atoms with Gasteiger partial charge < -0.3 is 14.7 Å². The Hall–Kier alpha value is -2.68. The summed E-state index contributed by atoms with van der Waals surface area (Å²) in [6, 6.07) is 9.14. The van der Waals surface area contributed by atoms with Crippen molar-refractivity contribution >= 4 is 46.5 Å². The fraction of sp³-hybridized carbons (Fsp3) is 0.417. The van der Waals surface area contributed by atoms with Gasteiger partial charge >= 0.3 is 0 Å². The van der Waals surface area contributed by atoms with E-state index in [0.717, 1.165) is 37.4 Å². The van der Waals surface area contributed by atoms with Crippen LogP contribution in [0.3, 0.4) is 0 Å². The zero-order valence-electron chi connectivity index (χ0n) is 19.0. The Morgan fingerprint density at radius 1 is 1.03 bits per heavy atom. The topological polar surface area (TPSA) is 77.1 Å². The van der Waals surface area contributed by atoms with Crippen molar-refractivity contribution in [3.8, 4) is 0 Å². The van der Waals surface area contributed by atoms with Crippen LogP contribution in [0.1, 0.15) is 5.56 Å². The van der Waals surface area contributed by atoms with Gasteiger partial charge in [0.1, 0.15) is 5.92 Å². The molecule has 0 saturated carbocycles. The molecule has 2 aliphatic heterocycles. The molecule has 34 heavy (non-hydrogen) atoms. The number of amides is 2. The third-order valence-electron chi connectivity index (χ3n) is 6.38. The molecule has 2 aromatic rings. The van der Waals surface area contributed by atoms with Gasteiger partial charge in [0.25, 0.3) is 5.91 Å². The SMILES string of the molecule is CN(Cc1ccc(Cl)c(Cl)c1)C(=O)C1CN(CCN2CCN(c3ccncc3)CC2)C(=O)C1=O. The molecule has 0 N–H and O–H groups in total. The van der Waals surface area contributed by atoms with Crippen LogP contribution < -0.4 is 4.90 Å². The largest absolute Gasteiger partial charge is 0.369 e. The Kier molecular flexibility index (Phi) is 7.70. The molecule has 2 amide bonds. The monoisotopic (exact) mass is 503 g/mol. The normalized spacial score (nSPS) is 19.1. The number of likely N-dealkylation sites (tertiary alicyclic amines) is 1. The summed E-state index contributed by atoms with van der Waals surface area (Å²) >= 11 is 12.0. The summed E-state index contributed by atoms with van der Waals surface area (Å²) in [6.07, 6.45) is 3.58. The molecule has 1 atom stereocenters. The third-order valence-corrected chi connectivity index (χ3v) is 7.12. The van der Waals surface area contributed by atoms with E-state index in [4.69, 9.17) is 23.2 Å². The summed E-state index contributed by atoms with van der Waals surface area (Å²) in [5.74, 6) is -2.54. The standard InChI is InChI=1S/C24H27Cl2N5O3/c1-28(15-17-2-3-20(25)21(26)14-17)23(33)19-16-31(24(34)22(19)32)13-10-29-8-11-30(12-9-29)18-4-6-27-7-5-18/h2-7,14,19H,8-13,15-16H2,1H3. The van der Waals surface area contributed by atoms with Gasteiger partial charge in [0.15, 0.2) is 0 Å². The van der Waals surface area contributed by atoms with E-state index in [2.05, 4.69) is 14.8 Å². The Bertz CT molecular complexity index is 1060. The van der Waals surface area contributed by atoms with E-state index in [1.807, 2.05) is 12.1 Å². The molecule has 0 spiro atoms. The number of nitrogens with zero attached hydrogens (tertiary/aromatic N) is 5. The molecule has 2 saturated heterocycles. The number of hydrogen-bond donors (Lipinski definition) is 0. The molecule has 4 rings (SSSR count). The Labute approximate surface area is 209 Å². The Balaban J connectivity index is 1.27. The van der Waals surface area contributed by atoms with Gasteiger partial charge in [-0.05, 0) is 29.8 Å². The molecule has 10 heteroatoms. The fourth-order valence-electron chi connectivity index (χ4n) is 4.38. The van der Waals surface area contributed by atoms with Crippen LogP contribution in [-0.4, -0.2) is 90.1 Å². The van der Waals surface area contributed by atoms with E-state index in [-0.39, 0.29) is 19.0 Å². The summed E-state index contributed by atoms with van der Waals surface area (Å²) < 4.78 is 0. The van der Waals surface area contributed by atoms with Gasteiger partial charge in [-0.15, -0.1) is 0 Å². The molecule has 3 heterocycles. The average molecular weight is 504 g/mol. The number of carbonyl (C=O) groups excluding carboxylic acids is 3. The molecule has 8 nitrogen and oxygen atoms in total. The number of piperazine rings is 1. The number of Topliss-reactive ketones (excluding diaryl/α,β-unsaturated/α-hetero) is 1. The van der Waals surface area contributed by atoms with Crippen molar-refractivity contribution in [3.63, 3.8) is 0 Å². The Morgan fingerprint density at radius 3 is 2.41 bits per heavy atom. The first-order valence-electron chi connectivity index (χ1n) is 11.2. The van der Waals surface area contributed by atoms with Crippen LogP contribution in [0.4, 0.5) is 5.69 Å². The van der Waals surface area contributed by atoms with Gasteiger partial charge in [-0.25, -0.2) is 0 Å². The number of benzene rings is 1. The average Bonchev–Trinajstić information content (AvgIpc) is 3.14. The molecule has 0 bridgehead atoms. The highest BCUT2D eigenvalue weighted by Gasteiger charge is 2.44. The molecular weight excluding hydrogens is 477 g/mol. The number of hydrogen-bond acceptors (Lipinski definition) is 6. The van der Waals surface area contributed by atoms with Gasteiger partial charge in [-0.1, -0.05) is 29.3 Å². The maximum atomic E-state index is 12.9. The lowest BCUT2D eigenvalue weighted by molar-refractivity contribution is -0.144. The second kappa shape index (κ2) is 10.7. The van der Waals surface area contributed by atoms with E-state index in [0.29, 0.717) is 23.1 Å². The number of ketones is 1. The first kappa shape index (κ1) is 24.4. The highest BCUT2D eigenvalue weighted by Crippen LogP contribution is 2.24. The predicted molar refractivity (Wildman–Crippen MR) is 131 cm³/mol. The van der Waals surface area contributed by atoms with Crippen molar-refractivity contribution in [2.75, 3.05) is 57.8 Å². The van der Waals surface area contributed by atoms with Crippen LogP contribution in [0.25, 0.3) is 0 Å². The molecule has 1 aromatic heterocycles. The van der Waals surface area contributed by atoms with E-state index in [1.54, 1.807) is 37.6 Å². The van der Waals surface area contributed by atoms with E-state index in [1.165, 1.54) is 9.80 Å². The molecule has 180 valence electrons. The molecule has 1 unspecified atom stereocenters. The zero-order chi connectivity index (χ0) is 24.2. The summed E-state index contributed by atoms with van der Waals surface area (Å²) in [6.45, 7) is 5.01. The first-order chi connectivity index (χ1) is 16.3. The van der Waals surface area contributed by atoms with Crippen molar-refractivity contribution in [2.24, 2.45) is 5.92 Å². The number of aromatic nitrogens is 1. The number of anilines is 1. The third kappa shape index (κ3) is 5.51. The molecule has 1 aromatic carbocycles. The lowest BCUT2D eigenvalue weighted by atomic mass is 10.1. The Morgan fingerprint density at radius 2 is 1.74 bits per heavy atom. The fourth-order valence-corrected chi connectivity index (χ4v) is 4.70. The van der Waals surface area contributed by atoms with Crippen LogP contribution in [0.5, 0.6) is 0 Å². The van der Waals surface area contributed by atoms with Crippen LogP contribution in [-0.2, 0) is 20.9 Å². The maximum Gasteiger partial charge on any atom is 0.290 e. The highest BCUT2D eigenvalue weighted by atomic mass is 35.5.